The first-order valence-corrected chi connectivity index (χ1v) is 9.60. The number of benzene rings is 1. The molecule has 0 bridgehead atoms. The van der Waals surface area contributed by atoms with Gasteiger partial charge in [-0.3, -0.25) is 4.79 Å². The predicted octanol–water partition coefficient (Wildman–Crippen LogP) is 2.58. The van der Waals surface area contributed by atoms with Crippen LogP contribution >= 0.6 is 11.8 Å². The summed E-state index contributed by atoms with van der Waals surface area (Å²) in [4.78, 5) is 25.8. The number of anilines is 1. The molecule has 1 aromatic carbocycles. The Hall–Kier alpha value is -2.62. The minimum absolute atomic E-state index is 0.110. The van der Waals surface area contributed by atoms with Crippen molar-refractivity contribution in [2.45, 2.75) is 38.9 Å². The number of tetrazole rings is 1. The number of esters is 1. The standard InChI is InChI=1S/C17H24N6O3S/c1-5-22(6-2)17(25)27-16-19-20-21-23(16)14-10-8-9-13(11-14)18-12(4)15(24)26-7-3/h8-12,18H,5-7H2,1-4H3. The number of carbonyl (C=O) groups excluding carboxylic acids is 2. The predicted molar refractivity (Wildman–Crippen MR) is 103 cm³/mol. The van der Waals surface area contributed by atoms with Crippen molar-refractivity contribution in [1.29, 1.82) is 0 Å². The third-order valence-electron chi connectivity index (χ3n) is 3.76. The van der Waals surface area contributed by atoms with Gasteiger partial charge in [0, 0.05) is 30.5 Å². The summed E-state index contributed by atoms with van der Waals surface area (Å²) in [5, 5.41) is 15.0. The molecule has 0 aliphatic rings. The first-order valence-electron chi connectivity index (χ1n) is 8.78. The van der Waals surface area contributed by atoms with Gasteiger partial charge in [0.25, 0.3) is 5.24 Å². The second kappa shape index (κ2) is 9.91. The Morgan fingerprint density at radius 3 is 2.70 bits per heavy atom. The molecule has 2 rings (SSSR count). The van der Waals surface area contributed by atoms with Gasteiger partial charge in [0.05, 0.1) is 12.3 Å². The van der Waals surface area contributed by atoms with Crippen LogP contribution in [0.15, 0.2) is 29.4 Å². The molecule has 0 radical (unpaired) electrons. The SMILES string of the molecule is CCOC(=O)C(C)Nc1cccc(-n2nnnc2SC(=O)N(CC)CC)c1. The summed E-state index contributed by atoms with van der Waals surface area (Å²) in [6, 6.07) is 6.78. The van der Waals surface area contributed by atoms with Crippen LogP contribution in [0.3, 0.4) is 0 Å². The summed E-state index contributed by atoms with van der Waals surface area (Å²) >= 11 is 0.980. The number of nitrogens with one attached hydrogen (secondary N) is 1. The Kier molecular flexibility index (Phi) is 7.59. The number of rotatable bonds is 8. The number of thioether (sulfide) groups is 1. The Balaban J connectivity index is 2.17. The molecule has 0 fully saturated rings. The quantitative estimate of drug-likeness (QED) is 0.540. The van der Waals surface area contributed by atoms with Crippen molar-refractivity contribution in [3.05, 3.63) is 24.3 Å². The van der Waals surface area contributed by atoms with Crippen LogP contribution in [-0.4, -0.2) is 62.1 Å². The van der Waals surface area contributed by atoms with Gasteiger partial charge in [-0.1, -0.05) is 6.07 Å². The summed E-state index contributed by atoms with van der Waals surface area (Å²) in [6.07, 6.45) is 0. The molecule has 0 aliphatic heterocycles. The average molecular weight is 392 g/mol. The van der Waals surface area contributed by atoms with E-state index < -0.39 is 6.04 Å². The van der Waals surface area contributed by atoms with Crippen molar-refractivity contribution in [3.63, 3.8) is 0 Å². The fourth-order valence-corrected chi connectivity index (χ4v) is 3.18. The summed E-state index contributed by atoms with van der Waals surface area (Å²) in [6.45, 7) is 8.91. The number of ether oxygens (including phenoxy) is 1. The molecule has 9 nitrogen and oxygen atoms in total. The molecular formula is C17H24N6O3S. The molecule has 1 atom stereocenters. The van der Waals surface area contributed by atoms with E-state index in [0.29, 0.717) is 30.5 Å². The van der Waals surface area contributed by atoms with Gasteiger partial charge in [-0.15, -0.1) is 5.10 Å². The molecule has 146 valence electrons. The third kappa shape index (κ3) is 5.43. The number of hydrogen-bond acceptors (Lipinski definition) is 8. The maximum atomic E-state index is 12.3. The van der Waals surface area contributed by atoms with E-state index in [2.05, 4.69) is 20.8 Å². The van der Waals surface area contributed by atoms with E-state index in [4.69, 9.17) is 4.74 Å². The monoisotopic (exact) mass is 392 g/mol. The maximum absolute atomic E-state index is 12.3. The highest BCUT2D eigenvalue weighted by molar-refractivity contribution is 8.13. The van der Waals surface area contributed by atoms with Crippen LogP contribution in [0.4, 0.5) is 10.5 Å². The van der Waals surface area contributed by atoms with Crippen molar-refractivity contribution in [2.24, 2.45) is 0 Å². The molecule has 10 heteroatoms. The average Bonchev–Trinajstić information content (AvgIpc) is 3.11. The van der Waals surface area contributed by atoms with Gasteiger partial charge in [0.2, 0.25) is 5.16 Å². The summed E-state index contributed by atoms with van der Waals surface area (Å²) < 4.78 is 6.49. The van der Waals surface area contributed by atoms with Gasteiger partial charge in [-0.25, -0.2) is 4.79 Å². The van der Waals surface area contributed by atoms with Crippen molar-refractivity contribution < 1.29 is 14.3 Å². The fourth-order valence-electron chi connectivity index (χ4n) is 2.33. The van der Waals surface area contributed by atoms with Crippen LogP contribution in [0.5, 0.6) is 0 Å². The molecule has 1 unspecified atom stereocenters. The summed E-state index contributed by atoms with van der Waals surface area (Å²) in [5.41, 5.74) is 1.39. The van der Waals surface area contributed by atoms with Crippen LogP contribution in [0.25, 0.3) is 5.69 Å². The van der Waals surface area contributed by atoms with Crippen molar-refractivity contribution in [3.8, 4) is 5.69 Å². The Morgan fingerprint density at radius 2 is 2.04 bits per heavy atom. The molecule has 1 amide bonds. The molecule has 0 spiro atoms. The van der Waals surface area contributed by atoms with E-state index in [1.807, 2.05) is 32.0 Å². The molecule has 0 saturated carbocycles. The first kappa shape index (κ1) is 20.7. The van der Waals surface area contributed by atoms with Gasteiger partial charge in [0.1, 0.15) is 6.04 Å². The molecule has 0 aliphatic carbocycles. The highest BCUT2D eigenvalue weighted by Gasteiger charge is 2.18. The second-order valence-corrected chi connectivity index (χ2v) is 6.50. The zero-order valence-electron chi connectivity index (χ0n) is 15.9. The van der Waals surface area contributed by atoms with Crippen LogP contribution in [-0.2, 0) is 9.53 Å². The zero-order valence-corrected chi connectivity index (χ0v) is 16.7. The van der Waals surface area contributed by atoms with Crippen LogP contribution in [0, 0.1) is 0 Å². The molecular weight excluding hydrogens is 368 g/mol. The van der Waals surface area contributed by atoms with E-state index in [1.54, 1.807) is 24.8 Å². The Morgan fingerprint density at radius 1 is 1.30 bits per heavy atom. The lowest BCUT2D eigenvalue weighted by atomic mass is 10.2. The van der Waals surface area contributed by atoms with E-state index in [0.717, 1.165) is 17.4 Å². The second-order valence-electron chi connectivity index (χ2n) is 5.58. The van der Waals surface area contributed by atoms with Crippen molar-refractivity contribution in [2.75, 3.05) is 25.0 Å². The molecule has 0 saturated heterocycles. The molecule has 1 N–H and O–H groups in total. The van der Waals surface area contributed by atoms with Crippen molar-refractivity contribution in [1.82, 2.24) is 25.1 Å². The number of hydrogen-bond donors (Lipinski definition) is 1. The maximum Gasteiger partial charge on any atom is 0.328 e. The highest BCUT2D eigenvalue weighted by Crippen LogP contribution is 2.23. The fraction of sp³-hybridized carbons (Fsp3) is 0.471. The summed E-state index contributed by atoms with van der Waals surface area (Å²) in [5.74, 6) is -0.327. The Bertz CT molecular complexity index is 778. The number of aromatic nitrogens is 4. The van der Waals surface area contributed by atoms with E-state index in [1.165, 1.54) is 4.68 Å². The lowest BCUT2D eigenvalue weighted by Crippen LogP contribution is -2.28. The van der Waals surface area contributed by atoms with Gasteiger partial charge in [-0.05, 0) is 56.3 Å². The minimum Gasteiger partial charge on any atom is -0.464 e. The van der Waals surface area contributed by atoms with Crippen LogP contribution in [0.1, 0.15) is 27.7 Å². The number of carbonyl (C=O) groups is 2. The number of amides is 1. The van der Waals surface area contributed by atoms with Gasteiger partial charge < -0.3 is 15.0 Å². The van der Waals surface area contributed by atoms with Gasteiger partial charge >= 0.3 is 5.97 Å². The summed E-state index contributed by atoms with van der Waals surface area (Å²) in [7, 11) is 0. The molecule has 1 aromatic heterocycles. The molecule has 27 heavy (non-hydrogen) atoms. The molecule has 1 heterocycles. The zero-order chi connectivity index (χ0) is 19.8. The first-order chi connectivity index (χ1) is 13.0. The van der Waals surface area contributed by atoms with E-state index >= 15 is 0 Å². The van der Waals surface area contributed by atoms with Gasteiger partial charge in [-0.2, -0.15) is 4.68 Å². The largest absolute Gasteiger partial charge is 0.464 e. The minimum atomic E-state index is -0.493. The third-order valence-corrected chi connectivity index (χ3v) is 4.63. The van der Waals surface area contributed by atoms with Gasteiger partial charge in [0.15, 0.2) is 0 Å². The smallest absolute Gasteiger partial charge is 0.328 e. The van der Waals surface area contributed by atoms with Crippen LogP contribution in [0.2, 0.25) is 0 Å². The normalized spacial score (nSPS) is 11.7. The van der Waals surface area contributed by atoms with Crippen LogP contribution < -0.4 is 5.32 Å². The number of nitrogens with zero attached hydrogens (tertiary/aromatic N) is 5. The molecule has 2 aromatic rings. The van der Waals surface area contributed by atoms with E-state index in [-0.39, 0.29) is 11.2 Å². The topological polar surface area (TPSA) is 102 Å². The highest BCUT2D eigenvalue weighted by atomic mass is 32.2. The van der Waals surface area contributed by atoms with E-state index in [9.17, 15) is 9.59 Å². The lowest BCUT2D eigenvalue weighted by Gasteiger charge is -2.17. The van der Waals surface area contributed by atoms with Crippen molar-refractivity contribution >= 4 is 28.7 Å². The Labute approximate surface area is 162 Å². The lowest BCUT2D eigenvalue weighted by molar-refractivity contribution is -0.143.